The van der Waals surface area contributed by atoms with E-state index in [4.69, 9.17) is 0 Å². The van der Waals surface area contributed by atoms with Crippen LogP contribution < -0.4 is 9.64 Å². The summed E-state index contributed by atoms with van der Waals surface area (Å²) in [6, 6.07) is 5.96. The number of ether oxygens (including phenoxy) is 1. The number of hydrogen-bond acceptors (Lipinski definition) is 3. The lowest BCUT2D eigenvalue weighted by molar-refractivity contribution is -0.274. The lowest BCUT2D eigenvalue weighted by atomic mass is 9.92. The minimum absolute atomic E-state index is 0.218. The van der Waals surface area contributed by atoms with E-state index in [1.54, 1.807) is 12.1 Å². The van der Waals surface area contributed by atoms with Crippen LogP contribution in [0.2, 0.25) is 0 Å². The molecule has 0 heterocycles. The number of allylic oxidation sites excluding steroid dienone is 3. The zero-order valence-corrected chi connectivity index (χ0v) is 21.0. The number of nitrogens with zero attached hydrogens (tertiary/aromatic N) is 2. The van der Waals surface area contributed by atoms with Gasteiger partial charge in [0.15, 0.2) is 0 Å². The molecule has 0 radical (unpaired) electrons. The van der Waals surface area contributed by atoms with Crippen molar-refractivity contribution in [3.05, 3.63) is 47.8 Å². The van der Waals surface area contributed by atoms with E-state index in [1.165, 1.54) is 17.8 Å². The Morgan fingerprint density at radius 3 is 2.06 bits per heavy atom. The average Bonchev–Trinajstić information content (AvgIpc) is 2.70. The van der Waals surface area contributed by atoms with E-state index in [9.17, 15) is 13.2 Å². The van der Waals surface area contributed by atoms with Gasteiger partial charge < -0.3 is 14.5 Å². The van der Waals surface area contributed by atoms with Crippen molar-refractivity contribution in [3.8, 4) is 5.75 Å². The van der Waals surface area contributed by atoms with Gasteiger partial charge in [-0.15, -0.1) is 13.2 Å². The molecule has 182 valence electrons. The number of rotatable bonds is 12. The minimum Gasteiger partial charge on any atom is -0.406 e. The van der Waals surface area contributed by atoms with Gasteiger partial charge in [-0.1, -0.05) is 54.0 Å². The summed E-state index contributed by atoms with van der Waals surface area (Å²) in [6.07, 6.45) is 1.84. The van der Waals surface area contributed by atoms with Crippen LogP contribution in [0, 0.1) is 17.8 Å². The van der Waals surface area contributed by atoms with Gasteiger partial charge in [-0.2, -0.15) is 0 Å². The summed E-state index contributed by atoms with van der Waals surface area (Å²) in [6.45, 7) is 17.5. The topological polar surface area (TPSA) is 15.7 Å². The molecule has 0 saturated carbocycles. The van der Waals surface area contributed by atoms with Gasteiger partial charge in [0.1, 0.15) is 5.75 Å². The second-order valence-corrected chi connectivity index (χ2v) is 9.09. The third-order valence-corrected chi connectivity index (χ3v) is 5.83. The maximum atomic E-state index is 12.4. The summed E-state index contributed by atoms with van der Waals surface area (Å²) in [5.74, 6) is 1.54. The molecule has 0 fully saturated rings. The summed E-state index contributed by atoms with van der Waals surface area (Å²) in [5.41, 5.74) is 3.00. The summed E-state index contributed by atoms with van der Waals surface area (Å²) in [7, 11) is 1.92. The molecule has 0 N–H and O–H groups in total. The third-order valence-electron chi connectivity index (χ3n) is 5.83. The molecule has 0 aromatic heterocycles. The number of alkyl halides is 3. The van der Waals surface area contributed by atoms with E-state index in [1.807, 2.05) is 18.9 Å². The highest BCUT2D eigenvalue weighted by molar-refractivity contribution is 5.53. The zero-order chi connectivity index (χ0) is 24.5. The quantitative estimate of drug-likeness (QED) is 0.299. The Morgan fingerprint density at radius 2 is 1.59 bits per heavy atom. The molecule has 1 aromatic rings. The molecule has 2 atom stereocenters. The van der Waals surface area contributed by atoms with Gasteiger partial charge in [0, 0.05) is 37.2 Å². The van der Waals surface area contributed by atoms with Crippen LogP contribution in [0.1, 0.15) is 61.3 Å². The Kier molecular flexibility index (Phi) is 11.2. The van der Waals surface area contributed by atoms with Gasteiger partial charge in [0.2, 0.25) is 0 Å². The van der Waals surface area contributed by atoms with Crippen LogP contribution in [0.3, 0.4) is 0 Å². The van der Waals surface area contributed by atoms with E-state index >= 15 is 0 Å². The fraction of sp³-hybridized carbons (Fsp3) is 0.615. The summed E-state index contributed by atoms with van der Waals surface area (Å²) < 4.78 is 41.2. The fourth-order valence-electron chi connectivity index (χ4n) is 3.53. The normalized spacial score (nSPS) is 15.0. The van der Waals surface area contributed by atoms with Crippen molar-refractivity contribution in [2.45, 2.75) is 67.7 Å². The molecule has 0 saturated heterocycles. The van der Waals surface area contributed by atoms with Gasteiger partial charge in [-0.25, -0.2) is 0 Å². The standard InChI is InChI=1S/C26H41F3N2O/c1-9-11-24(31(17-19(3)4)18-21(6)20(5)10-2)16-22(7)30(8)23-12-14-25(15-13-23)32-26(27,28)29/h11-16,19-21H,9-10,17-18H2,1-8H3/b22-16-,24-11+. The van der Waals surface area contributed by atoms with E-state index in [0.717, 1.165) is 37.3 Å². The summed E-state index contributed by atoms with van der Waals surface area (Å²) >= 11 is 0. The smallest absolute Gasteiger partial charge is 0.406 e. The van der Waals surface area contributed by atoms with Gasteiger partial charge >= 0.3 is 6.36 Å². The van der Waals surface area contributed by atoms with Crippen molar-refractivity contribution in [3.63, 3.8) is 0 Å². The Balaban J connectivity index is 3.11. The van der Waals surface area contributed by atoms with Gasteiger partial charge in [-0.05, 0) is 61.4 Å². The first-order valence-electron chi connectivity index (χ1n) is 11.6. The van der Waals surface area contributed by atoms with Crippen molar-refractivity contribution >= 4 is 5.69 Å². The molecule has 0 aliphatic rings. The second kappa shape index (κ2) is 12.8. The largest absolute Gasteiger partial charge is 0.573 e. The minimum atomic E-state index is -4.69. The predicted octanol–water partition coefficient (Wildman–Crippen LogP) is 7.86. The SMILES string of the molecule is CC/C=C(\C=C(\C)N(C)c1ccc(OC(F)(F)F)cc1)N(CC(C)C)CC(C)C(C)CC. The van der Waals surface area contributed by atoms with Crippen molar-refractivity contribution in [1.82, 2.24) is 4.90 Å². The Labute approximate surface area is 192 Å². The van der Waals surface area contributed by atoms with E-state index < -0.39 is 6.36 Å². The fourth-order valence-corrected chi connectivity index (χ4v) is 3.53. The summed E-state index contributed by atoms with van der Waals surface area (Å²) in [4.78, 5) is 4.45. The first-order chi connectivity index (χ1) is 14.9. The highest BCUT2D eigenvalue weighted by Crippen LogP contribution is 2.27. The Morgan fingerprint density at radius 1 is 1.00 bits per heavy atom. The molecule has 2 unspecified atom stereocenters. The Bertz CT molecular complexity index is 738. The summed E-state index contributed by atoms with van der Waals surface area (Å²) in [5, 5.41) is 0. The molecular weight excluding hydrogens is 413 g/mol. The van der Waals surface area contributed by atoms with Crippen molar-refractivity contribution in [2.75, 3.05) is 25.0 Å². The zero-order valence-electron chi connectivity index (χ0n) is 21.0. The van der Waals surface area contributed by atoms with Crippen LogP contribution in [0.5, 0.6) is 5.75 Å². The molecule has 0 bridgehead atoms. The third kappa shape index (κ3) is 9.58. The molecule has 1 aromatic carbocycles. The van der Waals surface area contributed by atoms with E-state index in [-0.39, 0.29) is 5.75 Å². The molecule has 0 aliphatic heterocycles. The highest BCUT2D eigenvalue weighted by Gasteiger charge is 2.31. The van der Waals surface area contributed by atoms with E-state index in [2.05, 4.69) is 63.3 Å². The van der Waals surface area contributed by atoms with Crippen molar-refractivity contribution in [2.24, 2.45) is 17.8 Å². The van der Waals surface area contributed by atoms with Crippen LogP contribution in [0.15, 0.2) is 47.8 Å². The number of benzene rings is 1. The van der Waals surface area contributed by atoms with Gasteiger partial charge in [-0.3, -0.25) is 0 Å². The predicted molar refractivity (Wildman–Crippen MR) is 129 cm³/mol. The van der Waals surface area contributed by atoms with Crippen LogP contribution in [0.4, 0.5) is 18.9 Å². The Hall–Kier alpha value is -2.11. The van der Waals surface area contributed by atoms with Crippen LogP contribution in [0.25, 0.3) is 0 Å². The first kappa shape index (κ1) is 27.9. The molecule has 3 nitrogen and oxygen atoms in total. The lowest BCUT2D eigenvalue weighted by Crippen LogP contribution is -2.33. The van der Waals surface area contributed by atoms with Gasteiger partial charge in [0.05, 0.1) is 0 Å². The van der Waals surface area contributed by atoms with Gasteiger partial charge in [0.25, 0.3) is 0 Å². The molecule has 0 spiro atoms. The van der Waals surface area contributed by atoms with E-state index in [0.29, 0.717) is 17.8 Å². The lowest BCUT2D eigenvalue weighted by Gasteiger charge is -2.33. The average molecular weight is 455 g/mol. The molecule has 6 heteroatoms. The first-order valence-corrected chi connectivity index (χ1v) is 11.6. The van der Waals surface area contributed by atoms with Crippen molar-refractivity contribution in [1.29, 1.82) is 0 Å². The number of hydrogen-bond donors (Lipinski definition) is 0. The monoisotopic (exact) mass is 454 g/mol. The van der Waals surface area contributed by atoms with Crippen LogP contribution in [-0.4, -0.2) is 31.4 Å². The molecule has 0 amide bonds. The molecular formula is C26H41F3N2O. The van der Waals surface area contributed by atoms with Crippen LogP contribution >= 0.6 is 0 Å². The maximum absolute atomic E-state index is 12.4. The highest BCUT2D eigenvalue weighted by atomic mass is 19.4. The van der Waals surface area contributed by atoms with Crippen LogP contribution in [-0.2, 0) is 0 Å². The number of anilines is 1. The maximum Gasteiger partial charge on any atom is 0.573 e. The molecule has 32 heavy (non-hydrogen) atoms. The molecule has 0 aliphatic carbocycles. The molecule has 1 rings (SSSR count). The second-order valence-electron chi connectivity index (χ2n) is 9.09. The number of halogens is 3. The van der Waals surface area contributed by atoms with Crippen molar-refractivity contribution < 1.29 is 17.9 Å².